The molecule has 0 bridgehead atoms. The van der Waals surface area contributed by atoms with Crippen LogP contribution >= 0.6 is 11.6 Å². The average molecular weight is 354 g/mol. The van der Waals surface area contributed by atoms with Crippen molar-refractivity contribution in [2.45, 2.75) is 52.0 Å². The average Bonchev–Trinajstić information content (AvgIpc) is 2.99. The molecule has 1 fully saturated rings. The van der Waals surface area contributed by atoms with Crippen LogP contribution in [0.2, 0.25) is 5.15 Å². The molecule has 3 rings (SSSR count). The maximum Gasteiger partial charge on any atom is 0.232 e. The summed E-state index contributed by atoms with van der Waals surface area (Å²) in [6.07, 6.45) is 1.58. The maximum absolute atomic E-state index is 11.2. The van der Waals surface area contributed by atoms with Crippen molar-refractivity contribution < 1.29 is 14.6 Å². The smallest absolute Gasteiger partial charge is 0.232 e. The van der Waals surface area contributed by atoms with Gasteiger partial charge in [-0.25, -0.2) is 4.98 Å². The van der Waals surface area contributed by atoms with E-state index in [4.69, 9.17) is 16.3 Å². The molecule has 2 aromatic heterocycles. The van der Waals surface area contributed by atoms with Crippen LogP contribution in [-0.4, -0.2) is 42.2 Å². The largest absolute Gasteiger partial charge is 0.385 e. The molecule has 8 nitrogen and oxygen atoms in total. The number of nitrogens with zero attached hydrogens (tertiary/aromatic N) is 4. The molecule has 130 valence electrons. The summed E-state index contributed by atoms with van der Waals surface area (Å²) in [6, 6.07) is 0. The van der Waals surface area contributed by atoms with E-state index in [-0.39, 0.29) is 29.0 Å². The second-order valence-corrected chi connectivity index (χ2v) is 6.65. The topological polar surface area (TPSA) is 102 Å². The summed E-state index contributed by atoms with van der Waals surface area (Å²) in [5, 5.41) is 13.5. The second-order valence-electron chi connectivity index (χ2n) is 6.29. The van der Waals surface area contributed by atoms with Gasteiger partial charge in [0.1, 0.15) is 11.1 Å². The molecule has 9 heteroatoms. The fourth-order valence-electron chi connectivity index (χ4n) is 3.09. The lowest BCUT2D eigenvalue weighted by molar-refractivity contribution is -0.114. The molecular weight excluding hydrogens is 334 g/mol. The predicted octanol–water partition coefficient (Wildman–Crippen LogP) is 2.13. The van der Waals surface area contributed by atoms with E-state index < -0.39 is 11.8 Å². The fourth-order valence-corrected chi connectivity index (χ4v) is 3.30. The van der Waals surface area contributed by atoms with E-state index in [0.29, 0.717) is 11.2 Å². The second kappa shape index (κ2) is 5.94. The van der Waals surface area contributed by atoms with Crippen LogP contribution in [-0.2, 0) is 9.53 Å². The number of aliphatic hydroxyl groups is 1. The number of halogens is 1. The molecule has 3 heterocycles. The van der Waals surface area contributed by atoms with Crippen molar-refractivity contribution >= 4 is 34.6 Å². The highest BCUT2D eigenvalue weighted by Crippen LogP contribution is 2.44. The van der Waals surface area contributed by atoms with Crippen LogP contribution in [0.5, 0.6) is 0 Å². The zero-order valence-electron chi connectivity index (χ0n) is 13.9. The molecule has 1 aliphatic heterocycles. The summed E-state index contributed by atoms with van der Waals surface area (Å²) in [5.74, 6) is -0.281. The van der Waals surface area contributed by atoms with E-state index in [0.717, 1.165) is 6.42 Å². The Hall–Kier alpha value is -1.77. The number of imidazole rings is 1. The molecule has 1 saturated heterocycles. The third-order valence-corrected chi connectivity index (χ3v) is 4.87. The first-order valence-corrected chi connectivity index (χ1v) is 8.19. The van der Waals surface area contributed by atoms with Crippen molar-refractivity contribution in [2.75, 3.05) is 5.32 Å². The Kier molecular flexibility index (Phi) is 4.23. The monoisotopic (exact) mass is 353 g/mol. The Balaban J connectivity index is 2.10. The van der Waals surface area contributed by atoms with Gasteiger partial charge in [-0.1, -0.05) is 25.4 Å². The van der Waals surface area contributed by atoms with Crippen molar-refractivity contribution in [3.8, 4) is 0 Å². The molecule has 0 aliphatic carbocycles. The third-order valence-electron chi connectivity index (χ3n) is 4.60. The number of anilines is 1. The Morgan fingerprint density at radius 3 is 2.83 bits per heavy atom. The molecule has 0 saturated carbocycles. The Labute approximate surface area is 144 Å². The molecule has 1 unspecified atom stereocenters. The molecule has 2 aromatic rings. The van der Waals surface area contributed by atoms with Gasteiger partial charge in [0, 0.05) is 12.8 Å². The number of ether oxygens (including phenoxy) is 1. The number of nitrogens with one attached hydrogen (secondary N) is 1. The van der Waals surface area contributed by atoms with Crippen LogP contribution in [0.25, 0.3) is 11.2 Å². The lowest BCUT2D eigenvalue weighted by Crippen LogP contribution is -2.37. The van der Waals surface area contributed by atoms with Gasteiger partial charge in [-0.2, -0.15) is 9.97 Å². The normalized spacial score (nSPS) is 30.0. The van der Waals surface area contributed by atoms with Gasteiger partial charge in [0.25, 0.3) is 0 Å². The number of amides is 1. The number of rotatable bonds is 3. The number of carbonyl (C=O) groups is 1. The third kappa shape index (κ3) is 2.64. The molecule has 0 spiro atoms. The van der Waals surface area contributed by atoms with Crippen LogP contribution in [0.1, 0.15) is 40.3 Å². The van der Waals surface area contributed by atoms with Crippen LogP contribution in [0.3, 0.4) is 0 Å². The minimum absolute atomic E-state index is 0.0583. The van der Waals surface area contributed by atoms with Crippen LogP contribution in [0.4, 0.5) is 5.95 Å². The zero-order chi connectivity index (χ0) is 17.6. The first-order chi connectivity index (χ1) is 11.3. The quantitative estimate of drug-likeness (QED) is 0.819. The van der Waals surface area contributed by atoms with Gasteiger partial charge in [-0.05, 0) is 13.3 Å². The lowest BCUT2D eigenvalue weighted by Gasteiger charge is -2.28. The zero-order valence-corrected chi connectivity index (χ0v) is 14.7. The highest BCUT2D eigenvalue weighted by molar-refractivity contribution is 6.33. The van der Waals surface area contributed by atoms with Crippen molar-refractivity contribution in [2.24, 2.45) is 5.92 Å². The van der Waals surface area contributed by atoms with Gasteiger partial charge in [-0.15, -0.1) is 0 Å². The predicted molar refractivity (Wildman–Crippen MR) is 88.6 cm³/mol. The molecular formula is C15H20ClN5O3. The van der Waals surface area contributed by atoms with Gasteiger partial charge in [0.05, 0.1) is 12.4 Å². The van der Waals surface area contributed by atoms with E-state index in [1.165, 1.54) is 13.3 Å². The van der Waals surface area contributed by atoms with Gasteiger partial charge in [-0.3, -0.25) is 14.7 Å². The van der Waals surface area contributed by atoms with Gasteiger partial charge in [0.15, 0.2) is 17.0 Å². The minimum Gasteiger partial charge on any atom is -0.385 e. The molecule has 4 atom stereocenters. The number of aromatic nitrogens is 4. The summed E-state index contributed by atoms with van der Waals surface area (Å²) < 4.78 is 7.67. The number of carbonyl (C=O) groups excluding carboxylic acids is 1. The SMILES string of the molecule is CC[C@H]1O[C@@H](n2cnc3c(Cl)nc(NC(C)=O)nc32)C(C)(O)[C@@H]1C. The Morgan fingerprint density at radius 2 is 2.25 bits per heavy atom. The summed E-state index contributed by atoms with van der Waals surface area (Å²) >= 11 is 6.14. The number of hydrogen-bond donors (Lipinski definition) is 2. The first-order valence-electron chi connectivity index (χ1n) is 7.81. The minimum atomic E-state index is -1.10. The van der Waals surface area contributed by atoms with E-state index in [2.05, 4.69) is 20.3 Å². The Morgan fingerprint density at radius 1 is 1.54 bits per heavy atom. The van der Waals surface area contributed by atoms with Gasteiger partial charge < -0.3 is 9.84 Å². The van der Waals surface area contributed by atoms with Gasteiger partial charge in [0.2, 0.25) is 11.9 Å². The Bertz CT molecular complexity index is 791. The maximum atomic E-state index is 11.2. The fraction of sp³-hybridized carbons (Fsp3) is 0.600. The highest BCUT2D eigenvalue weighted by atomic mass is 35.5. The van der Waals surface area contributed by atoms with Crippen molar-refractivity contribution in [1.82, 2.24) is 19.5 Å². The lowest BCUT2D eigenvalue weighted by atomic mass is 9.87. The highest BCUT2D eigenvalue weighted by Gasteiger charge is 2.50. The molecule has 0 radical (unpaired) electrons. The summed E-state index contributed by atoms with van der Waals surface area (Å²) in [7, 11) is 0. The molecule has 0 aromatic carbocycles. The molecule has 1 amide bonds. The van der Waals surface area contributed by atoms with E-state index in [1.807, 2.05) is 13.8 Å². The molecule has 2 N–H and O–H groups in total. The van der Waals surface area contributed by atoms with Crippen LogP contribution in [0.15, 0.2) is 6.33 Å². The van der Waals surface area contributed by atoms with E-state index in [1.54, 1.807) is 11.5 Å². The molecule has 24 heavy (non-hydrogen) atoms. The number of hydrogen-bond acceptors (Lipinski definition) is 6. The van der Waals surface area contributed by atoms with Crippen LogP contribution < -0.4 is 5.32 Å². The summed E-state index contributed by atoms with van der Waals surface area (Å²) in [6.45, 7) is 7.07. The van der Waals surface area contributed by atoms with E-state index in [9.17, 15) is 9.90 Å². The van der Waals surface area contributed by atoms with Crippen LogP contribution in [0, 0.1) is 5.92 Å². The van der Waals surface area contributed by atoms with Crippen molar-refractivity contribution in [1.29, 1.82) is 0 Å². The van der Waals surface area contributed by atoms with Crippen molar-refractivity contribution in [3.05, 3.63) is 11.5 Å². The molecule has 1 aliphatic rings. The van der Waals surface area contributed by atoms with E-state index >= 15 is 0 Å². The summed E-state index contributed by atoms with van der Waals surface area (Å²) in [4.78, 5) is 23.8. The number of fused-ring (bicyclic) bond motifs is 1. The van der Waals surface area contributed by atoms with Gasteiger partial charge >= 0.3 is 0 Å². The summed E-state index contributed by atoms with van der Waals surface area (Å²) in [5.41, 5.74) is -0.314. The van der Waals surface area contributed by atoms with Crippen molar-refractivity contribution in [3.63, 3.8) is 0 Å². The standard InChI is InChI=1S/C15H20ClN5O3/c1-5-9-7(2)15(4,23)13(24-9)21-6-17-10-11(16)19-14(18-8(3)22)20-12(10)21/h6-7,9,13,23H,5H2,1-4H3,(H,18,19,20,22)/t7-,9-,13-,15?/m1/s1. The first kappa shape index (κ1) is 17.1.